The number of halogens is 2. The molecule has 0 aliphatic carbocycles. The number of carbonyl (C=O) groups excluding carboxylic acids is 1. The Kier molecular flexibility index (Phi) is 6.95. The second kappa shape index (κ2) is 9.62. The average molecular weight is 460 g/mol. The van der Waals surface area contributed by atoms with Gasteiger partial charge in [-0.25, -0.2) is 0 Å². The highest BCUT2D eigenvalue weighted by Crippen LogP contribution is 2.27. The summed E-state index contributed by atoms with van der Waals surface area (Å²) < 4.78 is 6.44. The number of rotatable bonds is 7. The molecule has 3 rings (SSSR count). The van der Waals surface area contributed by atoms with Crippen molar-refractivity contribution in [3.63, 3.8) is 0 Å². The van der Waals surface area contributed by atoms with Gasteiger partial charge in [0.25, 0.3) is 5.91 Å². The van der Waals surface area contributed by atoms with E-state index >= 15 is 0 Å². The van der Waals surface area contributed by atoms with Crippen molar-refractivity contribution in [2.45, 2.75) is 13.5 Å². The minimum Gasteiger partial charge on any atom is -0.483 e. The fourth-order valence-corrected chi connectivity index (χ4v) is 3.30. The molecule has 0 saturated carbocycles. The van der Waals surface area contributed by atoms with Gasteiger partial charge < -0.3 is 15.4 Å². The summed E-state index contributed by atoms with van der Waals surface area (Å²) in [6, 6.07) is 21.2. The minimum absolute atomic E-state index is 0.0911. The Morgan fingerprint density at radius 1 is 1.07 bits per heavy atom. The number of para-hydroxylation sites is 1. The van der Waals surface area contributed by atoms with Gasteiger partial charge >= 0.3 is 0 Å². The monoisotopic (exact) mass is 458 g/mol. The maximum atomic E-state index is 12.2. The van der Waals surface area contributed by atoms with E-state index in [-0.39, 0.29) is 12.5 Å². The number of hydrogen-bond donors (Lipinski definition) is 2. The van der Waals surface area contributed by atoms with E-state index in [1.807, 2.05) is 61.5 Å². The predicted octanol–water partition coefficient (Wildman–Crippen LogP) is 6.04. The molecule has 3 aromatic rings. The normalized spacial score (nSPS) is 10.4. The van der Waals surface area contributed by atoms with Crippen LogP contribution in [-0.2, 0) is 11.3 Å². The standard InChI is InChI=1S/C22H20BrClN2O2/c1-15-7-9-17(24)12-20(15)26-22(27)14-28-21-10-8-16(11-19(21)23)13-25-18-5-3-2-4-6-18/h2-12,25H,13-14H2,1H3,(H,26,27). The van der Waals surface area contributed by atoms with Crippen LogP contribution >= 0.6 is 27.5 Å². The summed E-state index contributed by atoms with van der Waals surface area (Å²) in [5, 5.41) is 6.75. The maximum absolute atomic E-state index is 12.2. The van der Waals surface area contributed by atoms with Crippen molar-refractivity contribution in [3.05, 3.63) is 87.4 Å². The van der Waals surface area contributed by atoms with E-state index in [1.54, 1.807) is 12.1 Å². The van der Waals surface area contributed by atoms with Gasteiger partial charge in [-0.15, -0.1) is 0 Å². The molecule has 0 radical (unpaired) electrons. The number of anilines is 2. The lowest BCUT2D eigenvalue weighted by Crippen LogP contribution is -2.20. The molecular weight excluding hydrogens is 440 g/mol. The predicted molar refractivity (Wildman–Crippen MR) is 118 cm³/mol. The molecule has 2 N–H and O–H groups in total. The Hall–Kier alpha value is -2.50. The Morgan fingerprint density at radius 2 is 1.86 bits per heavy atom. The van der Waals surface area contributed by atoms with Crippen molar-refractivity contribution in [2.75, 3.05) is 17.2 Å². The maximum Gasteiger partial charge on any atom is 0.262 e. The van der Waals surface area contributed by atoms with Gasteiger partial charge in [-0.05, 0) is 70.4 Å². The van der Waals surface area contributed by atoms with E-state index in [0.717, 1.165) is 21.3 Å². The van der Waals surface area contributed by atoms with Gasteiger partial charge in [0.2, 0.25) is 0 Å². The van der Waals surface area contributed by atoms with E-state index in [0.29, 0.717) is 23.0 Å². The van der Waals surface area contributed by atoms with Crippen LogP contribution in [0.4, 0.5) is 11.4 Å². The molecule has 144 valence electrons. The molecule has 0 unspecified atom stereocenters. The third kappa shape index (κ3) is 5.75. The van der Waals surface area contributed by atoms with Crippen LogP contribution in [0.15, 0.2) is 71.2 Å². The van der Waals surface area contributed by atoms with E-state index in [1.165, 1.54) is 0 Å². The molecule has 0 heterocycles. The van der Waals surface area contributed by atoms with Gasteiger partial charge in [-0.3, -0.25) is 4.79 Å². The molecule has 6 heteroatoms. The number of hydrogen-bond acceptors (Lipinski definition) is 3. The number of nitrogens with one attached hydrogen (secondary N) is 2. The zero-order valence-corrected chi connectivity index (χ0v) is 17.7. The van der Waals surface area contributed by atoms with Crippen LogP contribution in [0.3, 0.4) is 0 Å². The van der Waals surface area contributed by atoms with Crippen LogP contribution in [0.5, 0.6) is 5.75 Å². The first-order valence-corrected chi connectivity index (χ1v) is 9.94. The molecule has 4 nitrogen and oxygen atoms in total. The van der Waals surface area contributed by atoms with Crippen LogP contribution < -0.4 is 15.4 Å². The zero-order valence-electron chi connectivity index (χ0n) is 15.3. The molecule has 0 fully saturated rings. The van der Waals surface area contributed by atoms with Crippen molar-refractivity contribution in [2.24, 2.45) is 0 Å². The van der Waals surface area contributed by atoms with Gasteiger partial charge in [0.1, 0.15) is 5.75 Å². The summed E-state index contributed by atoms with van der Waals surface area (Å²) in [7, 11) is 0. The fraction of sp³-hybridized carbons (Fsp3) is 0.136. The van der Waals surface area contributed by atoms with Crippen molar-refractivity contribution >= 4 is 44.8 Å². The molecule has 0 aliphatic rings. The first-order valence-electron chi connectivity index (χ1n) is 8.77. The van der Waals surface area contributed by atoms with Crippen LogP contribution in [0, 0.1) is 6.92 Å². The molecule has 0 spiro atoms. The number of aryl methyl sites for hydroxylation is 1. The Balaban J connectivity index is 1.54. The Morgan fingerprint density at radius 3 is 2.61 bits per heavy atom. The Bertz CT molecular complexity index is 964. The lowest BCUT2D eigenvalue weighted by atomic mass is 10.2. The number of ether oxygens (including phenoxy) is 1. The molecule has 3 aromatic carbocycles. The summed E-state index contributed by atoms with van der Waals surface area (Å²) >= 11 is 9.49. The molecule has 0 aromatic heterocycles. The fourth-order valence-electron chi connectivity index (χ4n) is 2.59. The van der Waals surface area contributed by atoms with E-state index in [4.69, 9.17) is 16.3 Å². The van der Waals surface area contributed by atoms with Gasteiger partial charge in [0, 0.05) is 22.9 Å². The van der Waals surface area contributed by atoms with Crippen molar-refractivity contribution < 1.29 is 9.53 Å². The largest absolute Gasteiger partial charge is 0.483 e. The number of amides is 1. The zero-order chi connectivity index (χ0) is 19.9. The smallest absolute Gasteiger partial charge is 0.262 e. The van der Waals surface area contributed by atoms with Crippen molar-refractivity contribution in [3.8, 4) is 5.75 Å². The second-order valence-electron chi connectivity index (χ2n) is 6.28. The quantitative estimate of drug-likeness (QED) is 0.453. The lowest BCUT2D eigenvalue weighted by molar-refractivity contribution is -0.118. The molecule has 28 heavy (non-hydrogen) atoms. The summed E-state index contributed by atoms with van der Waals surface area (Å²) in [5.74, 6) is 0.369. The number of carbonyl (C=O) groups is 1. The second-order valence-corrected chi connectivity index (χ2v) is 7.57. The highest BCUT2D eigenvalue weighted by atomic mass is 79.9. The topological polar surface area (TPSA) is 50.4 Å². The van der Waals surface area contributed by atoms with Crippen molar-refractivity contribution in [1.82, 2.24) is 0 Å². The molecule has 1 amide bonds. The first kappa shape index (κ1) is 20.2. The highest BCUT2D eigenvalue weighted by molar-refractivity contribution is 9.10. The Labute approximate surface area is 178 Å². The van der Waals surface area contributed by atoms with Gasteiger partial charge in [0.15, 0.2) is 6.61 Å². The third-order valence-corrected chi connectivity index (χ3v) is 4.95. The summed E-state index contributed by atoms with van der Waals surface area (Å²) in [6.07, 6.45) is 0. The van der Waals surface area contributed by atoms with Gasteiger partial charge in [-0.2, -0.15) is 0 Å². The summed E-state index contributed by atoms with van der Waals surface area (Å²) in [6.45, 7) is 2.51. The SMILES string of the molecule is Cc1ccc(Cl)cc1NC(=O)COc1ccc(CNc2ccccc2)cc1Br. The van der Waals surface area contributed by atoms with Gasteiger partial charge in [-0.1, -0.05) is 41.9 Å². The summed E-state index contributed by atoms with van der Waals surface area (Å²) in [4.78, 5) is 12.2. The van der Waals surface area contributed by atoms with E-state index in [9.17, 15) is 4.79 Å². The highest BCUT2D eigenvalue weighted by Gasteiger charge is 2.09. The van der Waals surface area contributed by atoms with Crippen LogP contribution in [0.1, 0.15) is 11.1 Å². The van der Waals surface area contributed by atoms with E-state index in [2.05, 4.69) is 26.6 Å². The minimum atomic E-state index is -0.243. The van der Waals surface area contributed by atoms with E-state index < -0.39 is 0 Å². The van der Waals surface area contributed by atoms with Crippen molar-refractivity contribution in [1.29, 1.82) is 0 Å². The summed E-state index contributed by atoms with van der Waals surface area (Å²) in [5.41, 5.74) is 3.78. The van der Waals surface area contributed by atoms with Gasteiger partial charge in [0.05, 0.1) is 4.47 Å². The molecule has 0 bridgehead atoms. The molecule has 0 aliphatic heterocycles. The lowest BCUT2D eigenvalue weighted by Gasteiger charge is -2.12. The van der Waals surface area contributed by atoms with Crippen LogP contribution in [-0.4, -0.2) is 12.5 Å². The average Bonchev–Trinajstić information content (AvgIpc) is 2.69. The molecule has 0 saturated heterocycles. The molecule has 0 atom stereocenters. The third-order valence-electron chi connectivity index (χ3n) is 4.10. The molecular formula is C22H20BrClN2O2. The van der Waals surface area contributed by atoms with Crippen LogP contribution in [0.2, 0.25) is 5.02 Å². The van der Waals surface area contributed by atoms with Crippen LogP contribution in [0.25, 0.3) is 0 Å². The number of benzene rings is 3. The first-order chi connectivity index (χ1) is 13.5.